The number of amides is 2. The Balaban J connectivity index is 1.74. The van der Waals surface area contributed by atoms with Crippen LogP contribution < -0.4 is 14.8 Å². The summed E-state index contributed by atoms with van der Waals surface area (Å²) >= 11 is 0. The maximum absolute atomic E-state index is 13.0. The highest BCUT2D eigenvalue weighted by Gasteiger charge is 2.23. The van der Waals surface area contributed by atoms with Gasteiger partial charge < -0.3 is 24.4 Å². The highest BCUT2D eigenvalue weighted by molar-refractivity contribution is 5.89. The molecule has 0 saturated carbocycles. The van der Waals surface area contributed by atoms with Crippen LogP contribution >= 0.6 is 0 Å². The predicted octanol–water partition coefficient (Wildman–Crippen LogP) is 4.47. The van der Waals surface area contributed by atoms with Crippen LogP contribution in [-0.4, -0.2) is 43.9 Å². The molecule has 6 nitrogen and oxygen atoms in total. The Morgan fingerprint density at radius 2 is 2.10 bits per heavy atom. The number of hydrogen-bond donors (Lipinski definition) is 1. The van der Waals surface area contributed by atoms with Gasteiger partial charge in [0.15, 0.2) is 11.5 Å². The van der Waals surface area contributed by atoms with Gasteiger partial charge in [-0.1, -0.05) is 36.9 Å². The van der Waals surface area contributed by atoms with E-state index in [4.69, 9.17) is 14.2 Å². The summed E-state index contributed by atoms with van der Waals surface area (Å²) in [6, 6.07) is 15.0. The monoisotopic (exact) mass is 396 g/mol. The summed E-state index contributed by atoms with van der Waals surface area (Å²) in [5.41, 5.74) is 1.72. The van der Waals surface area contributed by atoms with E-state index in [9.17, 15) is 4.79 Å². The van der Waals surface area contributed by atoms with Crippen LogP contribution in [0.25, 0.3) is 0 Å². The van der Waals surface area contributed by atoms with E-state index in [1.807, 2.05) is 48.5 Å². The molecule has 1 aliphatic heterocycles. The number of urea groups is 1. The number of benzene rings is 2. The summed E-state index contributed by atoms with van der Waals surface area (Å²) in [4.78, 5) is 14.7. The van der Waals surface area contributed by atoms with Crippen molar-refractivity contribution < 1.29 is 19.0 Å². The molecule has 1 N–H and O–H groups in total. The maximum Gasteiger partial charge on any atom is 0.322 e. The number of carbonyl (C=O) groups excluding carboxylic acids is 1. The van der Waals surface area contributed by atoms with E-state index in [1.54, 1.807) is 18.1 Å². The minimum Gasteiger partial charge on any atom is -0.493 e. The van der Waals surface area contributed by atoms with Gasteiger partial charge in [0.05, 0.1) is 13.2 Å². The summed E-state index contributed by atoms with van der Waals surface area (Å²) in [5.74, 6) is 1.28. The predicted molar refractivity (Wildman–Crippen MR) is 114 cm³/mol. The third-order valence-electron chi connectivity index (χ3n) is 4.72. The van der Waals surface area contributed by atoms with E-state index in [-0.39, 0.29) is 12.1 Å². The molecule has 6 heteroatoms. The van der Waals surface area contributed by atoms with Crippen LogP contribution in [0.15, 0.2) is 61.2 Å². The molecule has 0 aromatic heterocycles. The average Bonchev–Trinajstić information content (AvgIpc) is 3.26. The molecule has 1 atom stereocenters. The van der Waals surface area contributed by atoms with Crippen LogP contribution in [0.2, 0.25) is 0 Å². The summed E-state index contributed by atoms with van der Waals surface area (Å²) in [6.07, 6.45) is 3.74. The number of hydrogen-bond acceptors (Lipinski definition) is 4. The zero-order valence-corrected chi connectivity index (χ0v) is 16.8. The zero-order valence-electron chi connectivity index (χ0n) is 16.8. The van der Waals surface area contributed by atoms with E-state index >= 15 is 0 Å². The Hall–Kier alpha value is -2.99. The molecule has 2 aromatic carbocycles. The molecule has 154 valence electrons. The van der Waals surface area contributed by atoms with E-state index in [1.165, 1.54) is 0 Å². The molecule has 2 amide bonds. The fourth-order valence-corrected chi connectivity index (χ4v) is 3.28. The lowest BCUT2D eigenvalue weighted by molar-refractivity contribution is 0.0819. The van der Waals surface area contributed by atoms with Gasteiger partial charge in [-0.25, -0.2) is 4.79 Å². The van der Waals surface area contributed by atoms with Crippen LogP contribution in [0.4, 0.5) is 10.5 Å². The normalized spacial score (nSPS) is 15.6. The molecule has 1 heterocycles. The van der Waals surface area contributed by atoms with Crippen molar-refractivity contribution in [3.8, 4) is 11.5 Å². The van der Waals surface area contributed by atoms with Gasteiger partial charge in [0, 0.05) is 25.4 Å². The lowest BCUT2D eigenvalue weighted by Gasteiger charge is -2.26. The minimum atomic E-state index is -0.155. The molecule has 1 aliphatic rings. The molecular formula is C23H28N2O4. The second-order valence-corrected chi connectivity index (χ2v) is 6.90. The van der Waals surface area contributed by atoms with Gasteiger partial charge in [-0.2, -0.15) is 0 Å². The average molecular weight is 396 g/mol. The van der Waals surface area contributed by atoms with E-state index < -0.39 is 0 Å². The quantitative estimate of drug-likeness (QED) is 0.635. The van der Waals surface area contributed by atoms with Gasteiger partial charge in [0.25, 0.3) is 0 Å². The molecule has 0 aliphatic carbocycles. The summed E-state index contributed by atoms with van der Waals surface area (Å²) in [6.45, 7) is 5.80. The van der Waals surface area contributed by atoms with Gasteiger partial charge in [0.2, 0.25) is 0 Å². The number of nitrogens with one attached hydrogen (secondary N) is 1. The summed E-state index contributed by atoms with van der Waals surface area (Å²) in [7, 11) is 1.60. The van der Waals surface area contributed by atoms with E-state index in [2.05, 4.69) is 11.9 Å². The number of anilines is 1. The topological polar surface area (TPSA) is 60.0 Å². The molecule has 0 bridgehead atoms. The SMILES string of the molecule is C=CCOc1ccc(CN(C[C@@H]2CCCO2)C(=O)Nc2ccccc2)cc1OC. The third-order valence-corrected chi connectivity index (χ3v) is 4.72. The number of nitrogens with zero attached hydrogens (tertiary/aromatic N) is 1. The first-order valence-electron chi connectivity index (χ1n) is 9.82. The van der Waals surface area contributed by atoms with Crippen LogP contribution in [0.3, 0.4) is 0 Å². The Morgan fingerprint density at radius 1 is 1.28 bits per heavy atom. The van der Waals surface area contributed by atoms with Crippen molar-refractivity contribution in [2.75, 3.05) is 32.2 Å². The number of carbonyl (C=O) groups is 1. The van der Waals surface area contributed by atoms with Crippen molar-refractivity contribution in [2.45, 2.75) is 25.5 Å². The fourth-order valence-electron chi connectivity index (χ4n) is 3.28. The third kappa shape index (κ3) is 5.99. The number of methoxy groups -OCH3 is 1. The molecule has 0 unspecified atom stereocenters. The lowest BCUT2D eigenvalue weighted by atomic mass is 10.1. The van der Waals surface area contributed by atoms with Crippen molar-refractivity contribution in [3.63, 3.8) is 0 Å². The Labute approximate surface area is 172 Å². The van der Waals surface area contributed by atoms with Crippen molar-refractivity contribution >= 4 is 11.7 Å². The Kier molecular flexibility index (Phi) is 7.53. The Bertz CT molecular complexity index is 804. The largest absolute Gasteiger partial charge is 0.493 e. The smallest absolute Gasteiger partial charge is 0.322 e. The molecule has 1 fully saturated rings. The molecule has 0 spiro atoms. The van der Waals surface area contributed by atoms with Crippen molar-refractivity contribution in [3.05, 3.63) is 66.7 Å². The maximum atomic E-state index is 13.0. The summed E-state index contributed by atoms with van der Waals surface area (Å²) < 4.78 is 16.8. The second-order valence-electron chi connectivity index (χ2n) is 6.90. The van der Waals surface area contributed by atoms with Crippen molar-refractivity contribution in [1.82, 2.24) is 4.90 Å². The molecule has 3 rings (SSSR count). The van der Waals surface area contributed by atoms with Gasteiger partial charge in [-0.05, 0) is 42.7 Å². The molecule has 1 saturated heterocycles. The zero-order chi connectivity index (χ0) is 20.5. The fraction of sp³-hybridized carbons (Fsp3) is 0.348. The number of ether oxygens (including phenoxy) is 3. The van der Waals surface area contributed by atoms with Gasteiger partial charge in [-0.15, -0.1) is 0 Å². The van der Waals surface area contributed by atoms with Crippen molar-refractivity contribution in [2.24, 2.45) is 0 Å². The Morgan fingerprint density at radius 3 is 2.79 bits per heavy atom. The first-order chi connectivity index (χ1) is 14.2. The first-order valence-corrected chi connectivity index (χ1v) is 9.82. The van der Waals surface area contributed by atoms with Crippen LogP contribution in [0.1, 0.15) is 18.4 Å². The van der Waals surface area contributed by atoms with E-state index in [0.29, 0.717) is 31.2 Å². The van der Waals surface area contributed by atoms with Gasteiger partial charge in [0.1, 0.15) is 6.61 Å². The standard InChI is InChI=1S/C23H28N2O4/c1-3-13-29-21-12-11-18(15-22(21)27-2)16-25(17-20-10-7-14-28-20)23(26)24-19-8-5-4-6-9-19/h3-6,8-9,11-12,15,20H,1,7,10,13-14,16-17H2,2H3,(H,24,26)/t20-/m0/s1. The van der Waals surface area contributed by atoms with Crippen molar-refractivity contribution in [1.29, 1.82) is 0 Å². The summed E-state index contributed by atoms with van der Waals surface area (Å²) in [5, 5.41) is 2.97. The molecule has 29 heavy (non-hydrogen) atoms. The molecule has 0 radical (unpaired) electrons. The van der Waals surface area contributed by atoms with Crippen LogP contribution in [0.5, 0.6) is 11.5 Å². The molecule has 2 aromatic rings. The van der Waals surface area contributed by atoms with Crippen LogP contribution in [0, 0.1) is 0 Å². The highest BCUT2D eigenvalue weighted by Crippen LogP contribution is 2.29. The van der Waals surface area contributed by atoms with Crippen LogP contribution in [-0.2, 0) is 11.3 Å². The lowest BCUT2D eigenvalue weighted by Crippen LogP contribution is -2.39. The number of rotatable bonds is 9. The van der Waals surface area contributed by atoms with Gasteiger partial charge in [-0.3, -0.25) is 0 Å². The minimum absolute atomic E-state index is 0.0635. The highest BCUT2D eigenvalue weighted by atomic mass is 16.5. The first kappa shape index (κ1) is 20.7. The number of para-hydroxylation sites is 1. The second kappa shape index (κ2) is 10.5. The van der Waals surface area contributed by atoms with Gasteiger partial charge >= 0.3 is 6.03 Å². The molecular weight excluding hydrogens is 368 g/mol. The van der Waals surface area contributed by atoms with E-state index in [0.717, 1.165) is 30.7 Å².